The summed E-state index contributed by atoms with van der Waals surface area (Å²) in [6.45, 7) is 0.631. The lowest BCUT2D eigenvalue weighted by Gasteiger charge is -2.39. The van der Waals surface area contributed by atoms with Gasteiger partial charge in [0.1, 0.15) is 0 Å². The number of methoxy groups -OCH3 is 4. The maximum Gasteiger partial charge on any atom is 0.165 e. The molecule has 0 spiro atoms. The van der Waals surface area contributed by atoms with Crippen molar-refractivity contribution in [1.29, 1.82) is 0 Å². The maximum atomic E-state index is 11.1. The SMILES string of the molecule is COc1ccc([C@H]2[C@@H](O)c3ccc(OC)c(OC)c3CN2C)cc1OC. The van der Waals surface area contributed by atoms with Gasteiger partial charge in [-0.3, -0.25) is 4.90 Å². The molecule has 0 aromatic heterocycles. The molecule has 140 valence electrons. The van der Waals surface area contributed by atoms with E-state index in [4.69, 9.17) is 18.9 Å². The zero-order chi connectivity index (χ0) is 18.8. The molecule has 0 fully saturated rings. The number of likely N-dealkylation sites (N-methyl/N-ethyl adjacent to an activating group) is 1. The Balaban J connectivity index is 2.05. The molecule has 0 radical (unpaired) electrons. The van der Waals surface area contributed by atoms with Gasteiger partial charge >= 0.3 is 0 Å². The molecule has 0 amide bonds. The van der Waals surface area contributed by atoms with Crippen LogP contribution in [0.5, 0.6) is 23.0 Å². The molecular formula is C20H25NO5. The van der Waals surface area contributed by atoms with E-state index in [1.165, 1.54) is 0 Å². The number of rotatable bonds is 5. The van der Waals surface area contributed by atoms with Crippen molar-refractivity contribution >= 4 is 0 Å². The Morgan fingerprint density at radius 2 is 1.54 bits per heavy atom. The van der Waals surface area contributed by atoms with Gasteiger partial charge in [0.15, 0.2) is 23.0 Å². The second-order valence-electron chi connectivity index (χ2n) is 6.29. The van der Waals surface area contributed by atoms with Crippen LogP contribution in [0.15, 0.2) is 30.3 Å². The summed E-state index contributed by atoms with van der Waals surface area (Å²) in [6.07, 6.45) is -0.707. The molecule has 0 unspecified atom stereocenters. The van der Waals surface area contributed by atoms with E-state index in [2.05, 4.69) is 4.90 Å². The zero-order valence-corrected chi connectivity index (χ0v) is 15.8. The third kappa shape index (κ3) is 2.95. The molecule has 26 heavy (non-hydrogen) atoms. The van der Waals surface area contributed by atoms with E-state index in [9.17, 15) is 5.11 Å². The number of fused-ring (bicyclic) bond motifs is 1. The van der Waals surface area contributed by atoms with Gasteiger partial charge < -0.3 is 24.1 Å². The molecule has 0 saturated carbocycles. The normalized spacial score (nSPS) is 19.6. The molecule has 0 aliphatic carbocycles. The van der Waals surface area contributed by atoms with Crippen molar-refractivity contribution in [1.82, 2.24) is 4.90 Å². The first-order valence-corrected chi connectivity index (χ1v) is 8.39. The van der Waals surface area contributed by atoms with Gasteiger partial charge in [-0.1, -0.05) is 12.1 Å². The number of ether oxygens (including phenoxy) is 4. The third-order valence-corrected chi connectivity index (χ3v) is 4.93. The van der Waals surface area contributed by atoms with E-state index in [0.29, 0.717) is 29.5 Å². The minimum atomic E-state index is -0.707. The first kappa shape index (κ1) is 18.4. The van der Waals surface area contributed by atoms with Crippen LogP contribution >= 0.6 is 0 Å². The van der Waals surface area contributed by atoms with Crippen molar-refractivity contribution in [2.75, 3.05) is 35.5 Å². The van der Waals surface area contributed by atoms with Crippen LogP contribution in [0.3, 0.4) is 0 Å². The monoisotopic (exact) mass is 359 g/mol. The van der Waals surface area contributed by atoms with Crippen LogP contribution in [0, 0.1) is 0 Å². The maximum absolute atomic E-state index is 11.1. The molecule has 1 heterocycles. The third-order valence-electron chi connectivity index (χ3n) is 4.93. The van der Waals surface area contributed by atoms with Crippen molar-refractivity contribution in [2.24, 2.45) is 0 Å². The highest BCUT2D eigenvalue weighted by Crippen LogP contribution is 2.46. The van der Waals surface area contributed by atoms with Crippen molar-refractivity contribution in [3.8, 4) is 23.0 Å². The van der Waals surface area contributed by atoms with Gasteiger partial charge in [-0.15, -0.1) is 0 Å². The summed E-state index contributed by atoms with van der Waals surface area (Å²) in [5.41, 5.74) is 2.75. The summed E-state index contributed by atoms with van der Waals surface area (Å²) in [4.78, 5) is 2.09. The van der Waals surface area contributed by atoms with Gasteiger partial charge in [0.2, 0.25) is 0 Å². The van der Waals surface area contributed by atoms with Crippen molar-refractivity contribution < 1.29 is 24.1 Å². The van der Waals surface area contributed by atoms with Crippen molar-refractivity contribution in [2.45, 2.75) is 18.7 Å². The van der Waals surface area contributed by atoms with E-state index in [1.807, 2.05) is 37.4 Å². The van der Waals surface area contributed by atoms with Crippen LogP contribution in [0.1, 0.15) is 28.8 Å². The molecule has 6 heteroatoms. The molecular weight excluding hydrogens is 334 g/mol. The molecule has 3 rings (SSSR count). The van der Waals surface area contributed by atoms with Crippen molar-refractivity contribution in [3.05, 3.63) is 47.0 Å². The second kappa shape index (κ2) is 7.43. The summed E-state index contributed by atoms with van der Waals surface area (Å²) in [5.74, 6) is 2.64. The highest BCUT2D eigenvalue weighted by atomic mass is 16.5. The smallest absolute Gasteiger partial charge is 0.165 e. The number of hydrogen-bond donors (Lipinski definition) is 1. The van der Waals surface area contributed by atoms with Crippen LogP contribution in [-0.2, 0) is 6.54 Å². The Morgan fingerprint density at radius 1 is 0.885 bits per heavy atom. The van der Waals surface area contributed by atoms with E-state index >= 15 is 0 Å². The number of aliphatic hydroxyl groups excluding tert-OH is 1. The van der Waals surface area contributed by atoms with E-state index in [1.54, 1.807) is 28.4 Å². The van der Waals surface area contributed by atoms with Gasteiger partial charge in [0.25, 0.3) is 0 Å². The Labute approximate surface area is 153 Å². The van der Waals surface area contributed by atoms with Gasteiger partial charge in [-0.05, 0) is 36.4 Å². The van der Waals surface area contributed by atoms with Gasteiger partial charge in [0, 0.05) is 12.1 Å². The zero-order valence-electron chi connectivity index (χ0n) is 15.8. The predicted molar refractivity (Wildman–Crippen MR) is 98.3 cm³/mol. The molecule has 1 aliphatic heterocycles. The van der Waals surface area contributed by atoms with Crippen molar-refractivity contribution in [3.63, 3.8) is 0 Å². The van der Waals surface area contributed by atoms with E-state index in [-0.39, 0.29) is 6.04 Å². The number of nitrogens with zero attached hydrogens (tertiary/aromatic N) is 1. The summed E-state index contributed by atoms with van der Waals surface area (Å²) < 4.78 is 21.6. The predicted octanol–water partition coefficient (Wildman–Crippen LogP) is 2.94. The van der Waals surface area contributed by atoms with Gasteiger partial charge in [-0.2, -0.15) is 0 Å². The summed E-state index contributed by atoms with van der Waals surface area (Å²) in [7, 11) is 8.42. The number of hydrogen-bond acceptors (Lipinski definition) is 6. The first-order chi connectivity index (χ1) is 12.5. The molecule has 0 saturated heterocycles. The number of benzene rings is 2. The first-order valence-electron chi connectivity index (χ1n) is 8.39. The Morgan fingerprint density at radius 3 is 2.15 bits per heavy atom. The second-order valence-corrected chi connectivity index (χ2v) is 6.29. The van der Waals surface area contributed by atoms with Crippen LogP contribution in [0.2, 0.25) is 0 Å². The Hall–Kier alpha value is -2.44. The van der Waals surface area contributed by atoms with Gasteiger partial charge in [0.05, 0.1) is 40.6 Å². The standard InChI is InChI=1S/C20H25NO5/c1-21-11-14-13(7-9-16(24-3)20(14)26-5)19(22)18(21)12-6-8-15(23-2)17(10-12)25-4/h6-10,18-19,22H,11H2,1-5H3/t18-,19-/m0/s1. The molecule has 2 atom stereocenters. The topological polar surface area (TPSA) is 60.4 Å². The number of aliphatic hydroxyl groups is 1. The Kier molecular flexibility index (Phi) is 5.25. The molecule has 0 bridgehead atoms. The molecule has 2 aromatic carbocycles. The average Bonchev–Trinajstić information content (AvgIpc) is 2.66. The summed E-state index contributed by atoms with van der Waals surface area (Å²) >= 11 is 0. The summed E-state index contributed by atoms with van der Waals surface area (Å²) in [6, 6.07) is 9.26. The minimum Gasteiger partial charge on any atom is -0.493 e. The average molecular weight is 359 g/mol. The highest BCUT2D eigenvalue weighted by Gasteiger charge is 2.36. The van der Waals surface area contributed by atoms with E-state index < -0.39 is 6.10 Å². The van der Waals surface area contributed by atoms with Crippen LogP contribution in [0.4, 0.5) is 0 Å². The minimum absolute atomic E-state index is 0.208. The quantitative estimate of drug-likeness (QED) is 0.886. The molecule has 6 nitrogen and oxygen atoms in total. The molecule has 1 aliphatic rings. The highest BCUT2D eigenvalue weighted by molar-refractivity contribution is 5.53. The lowest BCUT2D eigenvalue weighted by molar-refractivity contribution is 0.0412. The molecule has 1 N–H and O–H groups in total. The van der Waals surface area contributed by atoms with Crippen LogP contribution < -0.4 is 18.9 Å². The fourth-order valence-corrected chi connectivity index (χ4v) is 3.68. The lowest BCUT2D eigenvalue weighted by Crippen LogP contribution is -2.34. The summed E-state index contributed by atoms with van der Waals surface area (Å²) in [5, 5.41) is 11.1. The van der Waals surface area contributed by atoms with Crippen LogP contribution in [0.25, 0.3) is 0 Å². The van der Waals surface area contributed by atoms with Gasteiger partial charge in [-0.25, -0.2) is 0 Å². The Bertz CT molecular complexity index is 792. The fourth-order valence-electron chi connectivity index (χ4n) is 3.68. The largest absolute Gasteiger partial charge is 0.493 e. The fraction of sp³-hybridized carbons (Fsp3) is 0.400. The lowest BCUT2D eigenvalue weighted by atomic mass is 9.87. The molecule has 2 aromatic rings. The van der Waals surface area contributed by atoms with Crippen LogP contribution in [-0.4, -0.2) is 45.5 Å². The van der Waals surface area contributed by atoms with E-state index in [0.717, 1.165) is 16.7 Å².